The van der Waals surface area contributed by atoms with Crippen molar-refractivity contribution in [3.8, 4) is 0 Å². The van der Waals surface area contributed by atoms with Crippen LogP contribution in [-0.4, -0.2) is 72.3 Å². The first-order valence-corrected chi connectivity index (χ1v) is 11.2. The normalized spacial score (nSPS) is 20.4. The molecule has 2 amide bonds. The molecule has 2 aliphatic heterocycles. The quantitative estimate of drug-likeness (QED) is 0.743. The van der Waals surface area contributed by atoms with Gasteiger partial charge < -0.3 is 14.2 Å². The maximum absolute atomic E-state index is 13.1. The van der Waals surface area contributed by atoms with Crippen LogP contribution in [0.3, 0.4) is 0 Å². The van der Waals surface area contributed by atoms with Crippen molar-refractivity contribution in [3.63, 3.8) is 0 Å². The molecule has 0 N–H and O–H groups in total. The summed E-state index contributed by atoms with van der Waals surface area (Å²) in [5.74, 6) is 0.699. The van der Waals surface area contributed by atoms with Crippen molar-refractivity contribution >= 4 is 17.9 Å². The van der Waals surface area contributed by atoms with Crippen LogP contribution in [0.4, 0.5) is 0 Å². The predicted molar refractivity (Wildman–Crippen MR) is 121 cm³/mol. The number of amides is 2. The zero-order valence-electron chi connectivity index (χ0n) is 18.2. The van der Waals surface area contributed by atoms with Crippen molar-refractivity contribution in [2.75, 3.05) is 45.8 Å². The van der Waals surface area contributed by atoms with Crippen LogP contribution in [0.1, 0.15) is 34.5 Å². The molecule has 0 saturated carbocycles. The highest BCUT2D eigenvalue weighted by atomic mass is 16.3. The molecule has 4 rings (SSSR count). The first-order valence-electron chi connectivity index (χ1n) is 11.2. The van der Waals surface area contributed by atoms with Gasteiger partial charge in [0.2, 0.25) is 5.91 Å². The van der Waals surface area contributed by atoms with Crippen molar-refractivity contribution in [1.82, 2.24) is 14.7 Å². The summed E-state index contributed by atoms with van der Waals surface area (Å²) in [6, 6.07) is 12.0. The van der Waals surface area contributed by atoms with Crippen LogP contribution in [0.2, 0.25) is 0 Å². The average Bonchev–Trinajstić information content (AvgIpc) is 3.25. The number of hydrogen-bond acceptors (Lipinski definition) is 4. The maximum Gasteiger partial charge on any atom is 0.257 e. The number of carbonyl (C=O) groups is 2. The summed E-state index contributed by atoms with van der Waals surface area (Å²) in [6.07, 6.45) is 7.60. The minimum atomic E-state index is -0.102. The zero-order valence-corrected chi connectivity index (χ0v) is 18.2. The Bertz CT molecular complexity index is 913. The summed E-state index contributed by atoms with van der Waals surface area (Å²) in [5.41, 5.74) is 1.81. The molecule has 2 aromatic rings. The Balaban J connectivity index is 1.26. The molecular weight excluding hydrogens is 390 g/mol. The van der Waals surface area contributed by atoms with Gasteiger partial charge in [-0.15, -0.1) is 0 Å². The first-order chi connectivity index (χ1) is 15.1. The van der Waals surface area contributed by atoms with Gasteiger partial charge in [-0.05, 0) is 31.4 Å². The highest BCUT2D eigenvalue weighted by molar-refractivity contribution is 5.95. The van der Waals surface area contributed by atoms with Crippen LogP contribution in [-0.2, 0) is 4.79 Å². The SMILES string of the molecule is Cc1occc1C(=O)N1CCCC(C(=O)N2CCN(C/C=C/c3ccccc3)CC2)C1. The molecule has 2 saturated heterocycles. The number of hydrogen-bond donors (Lipinski definition) is 0. The number of rotatable bonds is 5. The fraction of sp³-hybridized carbons (Fsp3) is 0.440. The number of likely N-dealkylation sites (tertiary alicyclic amines) is 1. The van der Waals surface area contributed by atoms with Gasteiger partial charge in [0.15, 0.2) is 0 Å². The number of furan rings is 1. The Kier molecular flexibility index (Phi) is 6.87. The molecular formula is C25H31N3O3. The largest absolute Gasteiger partial charge is 0.469 e. The highest BCUT2D eigenvalue weighted by Crippen LogP contribution is 2.22. The molecule has 2 fully saturated rings. The van der Waals surface area contributed by atoms with Crippen LogP contribution in [0.15, 0.2) is 53.2 Å². The second-order valence-corrected chi connectivity index (χ2v) is 8.42. The maximum atomic E-state index is 13.1. The average molecular weight is 422 g/mol. The van der Waals surface area contributed by atoms with Gasteiger partial charge in [-0.3, -0.25) is 14.5 Å². The van der Waals surface area contributed by atoms with E-state index in [1.54, 1.807) is 19.3 Å². The van der Waals surface area contributed by atoms with Gasteiger partial charge in [0, 0.05) is 45.8 Å². The number of nitrogens with zero attached hydrogens (tertiary/aromatic N) is 3. The van der Waals surface area contributed by atoms with Gasteiger partial charge in [-0.1, -0.05) is 42.5 Å². The fourth-order valence-corrected chi connectivity index (χ4v) is 4.45. The molecule has 6 heteroatoms. The minimum Gasteiger partial charge on any atom is -0.469 e. The van der Waals surface area contributed by atoms with Crippen molar-refractivity contribution in [2.45, 2.75) is 19.8 Å². The molecule has 3 heterocycles. The van der Waals surface area contributed by atoms with Crippen LogP contribution < -0.4 is 0 Å². The lowest BCUT2D eigenvalue weighted by Crippen LogP contribution is -2.53. The van der Waals surface area contributed by atoms with Crippen molar-refractivity contribution in [1.29, 1.82) is 0 Å². The summed E-state index contributed by atoms with van der Waals surface area (Å²) < 4.78 is 5.28. The number of carbonyl (C=O) groups excluding carboxylic acids is 2. The summed E-state index contributed by atoms with van der Waals surface area (Å²) in [7, 11) is 0. The lowest BCUT2D eigenvalue weighted by atomic mass is 9.95. The van der Waals surface area contributed by atoms with E-state index in [0.29, 0.717) is 24.4 Å². The molecule has 6 nitrogen and oxygen atoms in total. The number of benzene rings is 1. The molecule has 164 valence electrons. The van der Waals surface area contributed by atoms with Crippen LogP contribution in [0, 0.1) is 12.8 Å². The van der Waals surface area contributed by atoms with E-state index in [2.05, 4.69) is 29.2 Å². The molecule has 0 spiro atoms. The van der Waals surface area contributed by atoms with Crippen LogP contribution in [0.25, 0.3) is 6.08 Å². The van der Waals surface area contributed by atoms with Gasteiger partial charge >= 0.3 is 0 Å². The summed E-state index contributed by atoms with van der Waals surface area (Å²) in [4.78, 5) is 32.1. The molecule has 1 unspecified atom stereocenters. The topological polar surface area (TPSA) is 57.0 Å². The van der Waals surface area contributed by atoms with Gasteiger partial charge in [0.05, 0.1) is 17.7 Å². The third-order valence-electron chi connectivity index (χ3n) is 6.30. The summed E-state index contributed by atoms with van der Waals surface area (Å²) >= 11 is 0. The van der Waals surface area contributed by atoms with Crippen molar-refractivity contribution in [2.24, 2.45) is 5.92 Å². The third-order valence-corrected chi connectivity index (χ3v) is 6.30. The lowest BCUT2D eigenvalue weighted by molar-refractivity contribution is -0.138. The summed E-state index contributed by atoms with van der Waals surface area (Å²) in [6.45, 7) is 7.17. The van der Waals surface area contributed by atoms with Gasteiger partial charge in [0.25, 0.3) is 5.91 Å². The molecule has 0 aliphatic carbocycles. The van der Waals surface area contributed by atoms with Gasteiger partial charge in [0.1, 0.15) is 5.76 Å². The fourth-order valence-electron chi connectivity index (χ4n) is 4.45. The van der Waals surface area contributed by atoms with E-state index in [1.165, 1.54) is 5.56 Å². The minimum absolute atomic E-state index is 0.0289. The molecule has 0 radical (unpaired) electrons. The van der Waals surface area contributed by atoms with Gasteiger partial charge in [-0.2, -0.15) is 0 Å². The number of aryl methyl sites for hydroxylation is 1. The lowest BCUT2D eigenvalue weighted by Gasteiger charge is -2.38. The Hall–Kier alpha value is -2.86. The molecule has 2 aliphatic rings. The van der Waals surface area contributed by atoms with E-state index in [-0.39, 0.29) is 17.7 Å². The summed E-state index contributed by atoms with van der Waals surface area (Å²) in [5, 5.41) is 0. The van der Waals surface area contributed by atoms with Crippen LogP contribution >= 0.6 is 0 Å². The van der Waals surface area contributed by atoms with E-state index < -0.39 is 0 Å². The second kappa shape index (κ2) is 9.96. The molecule has 1 aromatic carbocycles. The molecule has 1 atom stereocenters. The monoisotopic (exact) mass is 421 g/mol. The molecule has 1 aromatic heterocycles. The van der Waals surface area contributed by atoms with Crippen molar-refractivity contribution < 1.29 is 14.0 Å². The smallest absolute Gasteiger partial charge is 0.257 e. The van der Waals surface area contributed by atoms with Gasteiger partial charge in [-0.25, -0.2) is 0 Å². The number of piperazine rings is 1. The highest BCUT2D eigenvalue weighted by Gasteiger charge is 2.33. The van der Waals surface area contributed by atoms with Crippen molar-refractivity contribution in [3.05, 3.63) is 65.6 Å². The Morgan fingerprint density at radius 2 is 1.81 bits per heavy atom. The van der Waals surface area contributed by atoms with E-state index in [4.69, 9.17) is 4.42 Å². The van der Waals surface area contributed by atoms with E-state index in [0.717, 1.165) is 45.6 Å². The Morgan fingerprint density at radius 1 is 1.03 bits per heavy atom. The predicted octanol–water partition coefficient (Wildman–Crippen LogP) is 3.30. The van der Waals surface area contributed by atoms with E-state index >= 15 is 0 Å². The zero-order chi connectivity index (χ0) is 21.6. The second-order valence-electron chi connectivity index (χ2n) is 8.42. The standard InChI is InChI=1S/C25H31N3O3/c1-20-23(11-18-31-20)25(30)28-13-6-10-22(19-28)24(29)27-16-14-26(15-17-27)12-5-9-21-7-3-2-4-8-21/h2-5,7-9,11,18,22H,6,10,12-17,19H2,1H3/b9-5+. The molecule has 0 bridgehead atoms. The van der Waals surface area contributed by atoms with E-state index in [9.17, 15) is 9.59 Å². The number of piperidine rings is 1. The molecule has 31 heavy (non-hydrogen) atoms. The third kappa shape index (κ3) is 5.25. The Morgan fingerprint density at radius 3 is 2.52 bits per heavy atom. The van der Waals surface area contributed by atoms with Crippen LogP contribution in [0.5, 0.6) is 0 Å². The first kappa shape index (κ1) is 21.4. The van der Waals surface area contributed by atoms with E-state index in [1.807, 2.05) is 28.0 Å². The Labute approximate surface area is 184 Å².